The van der Waals surface area contributed by atoms with Gasteiger partial charge in [0.2, 0.25) is 0 Å². The fourth-order valence-corrected chi connectivity index (χ4v) is 1.37. The summed E-state index contributed by atoms with van der Waals surface area (Å²) < 4.78 is 5.23. The van der Waals surface area contributed by atoms with Gasteiger partial charge in [0.1, 0.15) is 5.75 Å². The van der Waals surface area contributed by atoms with Crippen molar-refractivity contribution in [1.82, 2.24) is 0 Å². The predicted molar refractivity (Wildman–Crippen MR) is 46.9 cm³/mol. The average Bonchev–Trinajstić information content (AvgIpc) is 2.18. The van der Waals surface area contributed by atoms with E-state index in [9.17, 15) is 4.79 Å². The minimum absolute atomic E-state index is 0.0256. The van der Waals surface area contributed by atoms with Crippen molar-refractivity contribution in [2.75, 3.05) is 11.8 Å². The number of ether oxygens (including phenoxy) is 1. The largest absolute Gasteiger partial charge is 0.492 e. The summed E-state index contributed by atoms with van der Waals surface area (Å²) in [4.78, 5) is 11.4. The Morgan fingerprint density at radius 1 is 1.36 bits per heavy atom. The quantitative estimate of drug-likeness (QED) is 0.659. The number of rotatable bonds is 1. The maximum atomic E-state index is 11.4. The Morgan fingerprint density at radius 3 is 2.86 bits per heavy atom. The molecule has 5 nitrogen and oxygen atoms in total. The molecule has 0 spiro atoms. The summed E-state index contributed by atoms with van der Waals surface area (Å²) in [5.74, 6) is 0.446. The number of benzene rings is 1. The molecule has 0 aliphatic carbocycles. The van der Waals surface area contributed by atoms with Crippen LogP contribution in [0.25, 0.3) is 0 Å². The molecule has 5 heteroatoms. The van der Waals surface area contributed by atoms with E-state index in [0.29, 0.717) is 24.3 Å². The van der Waals surface area contributed by atoms with E-state index in [2.05, 4.69) is 0 Å². The molecular weight excluding hydrogens is 186 g/mol. The van der Waals surface area contributed by atoms with Crippen LogP contribution in [-0.2, 0) is 0 Å². The fraction of sp³-hybridized carbons (Fsp3) is 0.222. The molecule has 0 amide bonds. The van der Waals surface area contributed by atoms with Crippen LogP contribution in [0.1, 0.15) is 16.8 Å². The summed E-state index contributed by atoms with van der Waals surface area (Å²) >= 11 is 0. The van der Waals surface area contributed by atoms with Gasteiger partial charge in [-0.1, -0.05) is 0 Å². The van der Waals surface area contributed by atoms with E-state index < -0.39 is 0 Å². The van der Waals surface area contributed by atoms with Crippen molar-refractivity contribution in [3.8, 4) is 5.75 Å². The number of anilines is 1. The first-order valence-corrected chi connectivity index (χ1v) is 4.16. The first-order valence-electron chi connectivity index (χ1n) is 4.16. The molecule has 0 bridgehead atoms. The number of nitrogens with zero attached hydrogens (tertiary/aromatic N) is 1. The van der Waals surface area contributed by atoms with Crippen molar-refractivity contribution >= 4 is 11.5 Å². The third-order valence-corrected chi connectivity index (χ3v) is 2.08. The predicted octanol–water partition coefficient (Wildman–Crippen LogP) is 1.24. The maximum Gasteiger partial charge on any atom is 0.170 e. The van der Waals surface area contributed by atoms with Gasteiger partial charge in [-0.05, 0) is 18.2 Å². The van der Waals surface area contributed by atoms with Gasteiger partial charge in [-0.15, -0.1) is 5.23 Å². The van der Waals surface area contributed by atoms with Gasteiger partial charge in [0, 0.05) is 6.42 Å². The fourth-order valence-electron chi connectivity index (χ4n) is 1.37. The van der Waals surface area contributed by atoms with E-state index in [1.54, 1.807) is 6.07 Å². The Morgan fingerprint density at radius 2 is 2.14 bits per heavy atom. The van der Waals surface area contributed by atoms with Crippen molar-refractivity contribution < 1.29 is 19.9 Å². The van der Waals surface area contributed by atoms with Crippen LogP contribution in [0, 0.1) is 0 Å². The number of carbonyl (C=O) groups is 1. The van der Waals surface area contributed by atoms with E-state index in [1.807, 2.05) is 0 Å². The molecule has 0 unspecified atom stereocenters. The van der Waals surface area contributed by atoms with Crippen molar-refractivity contribution in [3.05, 3.63) is 23.8 Å². The number of hydrogen-bond acceptors (Lipinski definition) is 5. The lowest BCUT2D eigenvalue weighted by Gasteiger charge is -2.17. The van der Waals surface area contributed by atoms with Crippen molar-refractivity contribution in [1.29, 1.82) is 0 Å². The molecule has 2 rings (SSSR count). The third kappa shape index (κ3) is 1.43. The molecule has 1 heterocycles. The van der Waals surface area contributed by atoms with Gasteiger partial charge >= 0.3 is 0 Å². The van der Waals surface area contributed by atoms with Crippen LogP contribution in [0.2, 0.25) is 0 Å². The van der Waals surface area contributed by atoms with E-state index >= 15 is 0 Å². The zero-order chi connectivity index (χ0) is 10.1. The van der Waals surface area contributed by atoms with Gasteiger partial charge in [-0.3, -0.25) is 15.2 Å². The van der Waals surface area contributed by atoms with E-state index in [-0.39, 0.29) is 16.7 Å². The van der Waals surface area contributed by atoms with Crippen LogP contribution >= 0.6 is 0 Å². The normalized spacial score (nSPS) is 14.6. The van der Waals surface area contributed by atoms with Gasteiger partial charge in [0.25, 0.3) is 0 Å². The molecule has 1 aromatic rings. The minimum Gasteiger partial charge on any atom is -0.492 e. The van der Waals surface area contributed by atoms with Gasteiger partial charge in [-0.2, -0.15) is 0 Å². The molecule has 0 aromatic heterocycles. The maximum absolute atomic E-state index is 11.4. The zero-order valence-corrected chi connectivity index (χ0v) is 7.30. The Labute approximate surface area is 80.1 Å². The molecule has 0 atom stereocenters. The first-order chi connectivity index (χ1) is 6.68. The van der Waals surface area contributed by atoms with Gasteiger partial charge in [0.05, 0.1) is 17.9 Å². The summed E-state index contributed by atoms with van der Waals surface area (Å²) in [6.07, 6.45) is 0.327. The summed E-state index contributed by atoms with van der Waals surface area (Å²) in [6, 6.07) is 4.38. The highest BCUT2D eigenvalue weighted by Crippen LogP contribution is 2.28. The third-order valence-electron chi connectivity index (χ3n) is 2.08. The molecule has 14 heavy (non-hydrogen) atoms. The number of ketones is 1. The van der Waals surface area contributed by atoms with Crippen molar-refractivity contribution in [2.45, 2.75) is 6.42 Å². The molecule has 0 saturated carbocycles. The lowest BCUT2D eigenvalue weighted by molar-refractivity contribution is 0.0291. The standard InChI is InChI=1S/C9H9NO4/c11-8-3-4-14-9-2-1-6(10(12)13)5-7(8)9/h1-2,5,12-13H,3-4H2. The van der Waals surface area contributed by atoms with Crippen molar-refractivity contribution in [2.24, 2.45) is 0 Å². The molecule has 1 aromatic carbocycles. The Bertz CT molecular complexity index is 375. The summed E-state index contributed by atoms with van der Waals surface area (Å²) in [5, 5.41) is 17.5. The Hall–Kier alpha value is -1.59. The molecule has 1 aliphatic heterocycles. The number of fused-ring (bicyclic) bond motifs is 1. The highest BCUT2D eigenvalue weighted by atomic mass is 16.8. The van der Waals surface area contributed by atoms with Crippen LogP contribution in [0.4, 0.5) is 5.69 Å². The van der Waals surface area contributed by atoms with Gasteiger partial charge in [-0.25, -0.2) is 0 Å². The number of Topliss-reactive ketones (excluding diaryl/α,β-unsaturated/α-hetero) is 1. The van der Waals surface area contributed by atoms with Crippen molar-refractivity contribution in [3.63, 3.8) is 0 Å². The second-order valence-electron chi connectivity index (χ2n) is 2.99. The summed E-state index contributed by atoms with van der Waals surface area (Å²) in [5.41, 5.74) is 0.532. The second-order valence-corrected chi connectivity index (χ2v) is 2.99. The molecule has 0 saturated heterocycles. The van der Waals surface area contributed by atoms with E-state index in [4.69, 9.17) is 15.2 Å². The highest BCUT2D eigenvalue weighted by molar-refractivity contribution is 6.00. The molecule has 74 valence electrons. The van der Waals surface area contributed by atoms with E-state index in [0.717, 1.165) is 0 Å². The smallest absolute Gasteiger partial charge is 0.170 e. The zero-order valence-electron chi connectivity index (χ0n) is 7.30. The monoisotopic (exact) mass is 195 g/mol. The number of carbonyl (C=O) groups excluding carboxylic acids is 1. The molecule has 2 N–H and O–H groups in total. The van der Waals surface area contributed by atoms with Crippen LogP contribution in [-0.4, -0.2) is 22.8 Å². The highest BCUT2D eigenvalue weighted by Gasteiger charge is 2.19. The topological polar surface area (TPSA) is 70.0 Å². The molecule has 1 aliphatic rings. The lowest BCUT2D eigenvalue weighted by Crippen LogP contribution is -2.17. The van der Waals surface area contributed by atoms with Crippen LogP contribution in [0.5, 0.6) is 5.75 Å². The van der Waals surface area contributed by atoms with Gasteiger partial charge < -0.3 is 4.74 Å². The molecular formula is C9H9NO4. The van der Waals surface area contributed by atoms with Gasteiger partial charge in [0.15, 0.2) is 5.78 Å². The second kappa shape index (κ2) is 3.28. The lowest BCUT2D eigenvalue weighted by atomic mass is 10.0. The van der Waals surface area contributed by atoms with Crippen LogP contribution < -0.4 is 9.96 Å². The van der Waals surface area contributed by atoms with E-state index in [1.165, 1.54) is 12.1 Å². The first kappa shape index (κ1) is 8.98. The van der Waals surface area contributed by atoms with Crippen LogP contribution in [0.15, 0.2) is 18.2 Å². The SMILES string of the molecule is O=C1CCOc2ccc(N(O)O)cc21. The Balaban J connectivity index is 2.46. The van der Waals surface area contributed by atoms with Crippen LogP contribution in [0.3, 0.4) is 0 Å². The molecule has 0 fully saturated rings. The average molecular weight is 195 g/mol. The molecule has 0 radical (unpaired) electrons. The summed E-state index contributed by atoms with van der Waals surface area (Å²) in [7, 11) is 0. The summed E-state index contributed by atoms with van der Waals surface area (Å²) in [6.45, 7) is 0.382. The minimum atomic E-state index is -0.0463. The number of hydrogen-bond donors (Lipinski definition) is 2. The Kier molecular flexibility index (Phi) is 2.11.